The van der Waals surface area contributed by atoms with Crippen molar-refractivity contribution in [2.75, 3.05) is 0 Å². The van der Waals surface area contributed by atoms with E-state index < -0.39 is 6.10 Å². The first kappa shape index (κ1) is 16.0. The summed E-state index contributed by atoms with van der Waals surface area (Å²) < 4.78 is 6.12. The summed E-state index contributed by atoms with van der Waals surface area (Å²) in [5.41, 5.74) is 2.83. The second kappa shape index (κ2) is 6.11. The number of aromatic hydroxyl groups is 3. The molecule has 2 atom stereocenters. The van der Waals surface area contributed by atoms with Crippen molar-refractivity contribution in [1.82, 2.24) is 0 Å². The van der Waals surface area contributed by atoms with Crippen LogP contribution in [0, 0.1) is 0 Å². The van der Waals surface area contributed by atoms with E-state index in [2.05, 4.69) is 0 Å². The second-order valence-electron chi connectivity index (χ2n) is 6.31. The molecule has 0 unspecified atom stereocenters. The normalized spacial score (nSPS) is 18.2. The molecule has 5 nitrogen and oxygen atoms in total. The van der Waals surface area contributed by atoms with Crippen molar-refractivity contribution in [3.8, 4) is 23.0 Å². The van der Waals surface area contributed by atoms with Crippen molar-refractivity contribution in [3.63, 3.8) is 0 Å². The molecule has 0 aliphatic carbocycles. The molecule has 4 rings (SSSR count). The third-order valence-corrected chi connectivity index (χ3v) is 4.57. The number of hydrogen-bond acceptors (Lipinski definition) is 5. The van der Waals surface area contributed by atoms with Gasteiger partial charge < -0.3 is 20.1 Å². The molecule has 0 saturated carbocycles. The molecule has 0 fully saturated rings. The smallest absolute Gasteiger partial charge is 0.150 e. The zero-order chi connectivity index (χ0) is 18.3. The number of hydrogen-bond donors (Lipinski definition) is 3. The van der Waals surface area contributed by atoms with Crippen LogP contribution in [0.5, 0.6) is 23.0 Å². The summed E-state index contributed by atoms with van der Waals surface area (Å²) in [5.74, 6) is 0.363. The van der Waals surface area contributed by atoms with Crippen molar-refractivity contribution in [2.45, 2.75) is 12.0 Å². The zero-order valence-electron chi connectivity index (χ0n) is 13.7. The minimum Gasteiger partial charge on any atom is -0.508 e. The van der Waals surface area contributed by atoms with E-state index in [-0.39, 0.29) is 23.2 Å². The van der Waals surface area contributed by atoms with Gasteiger partial charge in [-0.25, -0.2) is 0 Å². The van der Waals surface area contributed by atoms with Crippen LogP contribution in [-0.4, -0.2) is 21.6 Å². The number of benzene rings is 3. The van der Waals surface area contributed by atoms with Gasteiger partial charge in [-0.3, -0.25) is 4.79 Å². The number of phenolic OH excluding ortho intramolecular Hbond substituents is 3. The van der Waals surface area contributed by atoms with Crippen molar-refractivity contribution in [2.24, 2.45) is 0 Å². The number of aldehydes is 1. The van der Waals surface area contributed by atoms with E-state index in [1.165, 1.54) is 6.07 Å². The van der Waals surface area contributed by atoms with Gasteiger partial charge in [0.25, 0.3) is 0 Å². The molecule has 5 heteroatoms. The quantitative estimate of drug-likeness (QED) is 0.625. The molecular weight excluding hydrogens is 332 g/mol. The fraction of sp³-hybridized carbons (Fsp3) is 0.0952. The molecule has 3 N–H and O–H groups in total. The predicted octanol–water partition coefficient (Wildman–Crippen LogP) is 3.88. The van der Waals surface area contributed by atoms with Crippen LogP contribution in [0.3, 0.4) is 0 Å². The van der Waals surface area contributed by atoms with Gasteiger partial charge in [0.05, 0.1) is 5.92 Å². The van der Waals surface area contributed by atoms with Crippen LogP contribution in [-0.2, 0) is 0 Å². The number of fused-ring (bicyclic) bond motifs is 1. The average Bonchev–Trinajstić information content (AvgIpc) is 3.00. The minimum atomic E-state index is -0.422. The molecule has 1 aliphatic rings. The lowest BCUT2D eigenvalue weighted by Gasteiger charge is -2.20. The van der Waals surface area contributed by atoms with Gasteiger partial charge >= 0.3 is 0 Å². The standard InChI is InChI=1S/C21H16O5/c22-11-12-1-6-19-18(7-12)20(14-8-16(24)10-17(25)9-14)21(26-19)13-2-4-15(23)5-3-13/h1-11,20-21,23-25H/t20-,21+/m1/s1. The van der Waals surface area contributed by atoms with Crippen LogP contribution >= 0.6 is 0 Å². The topological polar surface area (TPSA) is 87.0 Å². The molecule has 1 aliphatic heterocycles. The first-order valence-electron chi connectivity index (χ1n) is 8.13. The highest BCUT2D eigenvalue weighted by Crippen LogP contribution is 2.50. The molecule has 130 valence electrons. The van der Waals surface area contributed by atoms with E-state index in [1.807, 2.05) is 0 Å². The Morgan fingerprint density at radius 3 is 2.12 bits per heavy atom. The Balaban J connectivity index is 1.88. The second-order valence-corrected chi connectivity index (χ2v) is 6.31. The van der Waals surface area contributed by atoms with Crippen LogP contribution in [0.25, 0.3) is 0 Å². The summed E-state index contributed by atoms with van der Waals surface area (Å²) in [5, 5.41) is 29.4. The van der Waals surface area contributed by atoms with E-state index in [0.29, 0.717) is 16.9 Å². The summed E-state index contributed by atoms with van der Waals surface area (Å²) in [6.45, 7) is 0. The molecule has 0 aromatic heterocycles. The Bertz CT molecular complexity index is 958. The molecule has 0 radical (unpaired) electrons. The molecule has 0 amide bonds. The van der Waals surface area contributed by atoms with Crippen molar-refractivity contribution in [3.05, 3.63) is 82.9 Å². The maximum Gasteiger partial charge on any atom is 0.150 e. The van der Waals surface area contributed by atoms with Crippen molar-refractivity contribution in [1.29, 1.82) is 0 Å². The third-order valence-electron chi connectivity index (χ3n) is 4.57. The van der Waals surface area contributed by atoms with E-state index in [1.54, 1.807) is 54.6 Å². The van der Waals surface area contributed by atoms with Crippen LogP contribution in [0.4, 0.5) is 0 Å². The lowest BCUT2D eigenvalue weighted by molar-refractivity contribution is 0.112. The number of rotatable bonds is 3. The lowest BCUT2D eigenvalue weighted by atomic mass is 9.84. The van der Waals surface area contributed by atoms with Gasteiger partial charge in [0.2, 0.25) is 0 Å². The van der Waals surface area contributed by atoms with Crippen LogP contribution in [0.2, 0.25) is 0 Å². The first-order chi connectivity index (χ1) is 12.5. The monoisotopic (exact) mass is 348 g/mol. The summed E-state index contributed by atoms with van der Waals surface area (Å²) in [7, 11) is 0. The van der Waals surface area contributed by atoms with Crippen LogP contribution in [0.1, 0.15) is 39.1 Å². The summed E-state index contributed by atoms with van der Waals surface area (Å²) in [4.78, 5) is 11.2. The Labute approximate surface area is 149 Å². The molecule has 0 saturated heterocycles. The number of carbonyl (C=O) groups excluding carboxylic acids is 1. The number of carbonyl (C=O) groups is 1. The van der Waals surface area contributed by atoms with Gasteiger partial charge in [-0.2, -0.15) is 0 Å². The van der Waals surface area contributed by atoms with Gasteiger partial charge in [-0.05, 0) is 53.6 Å². The van der Waals surface area contributed by atoms with Gasteiger partial charge in [0.1, 0.15) is 35.4 Å². The Kier molecular flexibility index (Phi) is 3.77. The summed E-state index contributed by atoms with van der Waals surface area (Å²) >= 11 is 0. The molecule has 0 spiro atoms. The molecule has 1 heterocycles. The van der Waals surface area contributed by atoms with Crippen molar-refractivity contribution < 1.29 is 24.9 Å². The van der Waals surface area contributed by atoms with E-state index in [9.17, 15) is 20.1 Å². The van der Waals surface area contributed by atoms with E-state index in [0.717, 1.165) is 17.4 Å². The van der Waals surface area contributed by atoms with Gasteiger partial charge in [-0.15, -0.1) is 0 Å². The maximum atomic E-state index is 11.2. The average molecular weight is 348 g/mol. The maximum absolute atomic E-state index is 11.2. The fourth-order valence-electron chi connectivity index (χ4n) is 3.43. The van der Waals surface area contributed by atoms with Crippen molar-refractivity contribution >= 4 is 6.29 Å². The Hall–Kier alpha value is -3.47. The molecular formula is C21H16O5. The highest BCUT2D eigenvalue weighted by atomic mass is 16.5. The predicted molar refractivity (Wildman–Crippen MR) is 94.9 cm³/mol. The van der Waals surface area contributed by atoms with Crippen LogP contribution < -0.4 is 4.74 Å². The number of phenols is 3. The highest BCUT2D eigenvalue weighted by Gasteiger charge is 2.37. The van der Waals surface area contributed by atoms with Gasteiger partial charge in [0.15, 0.2) is 0 Å². The fourth-order valence-corrected chi connectivity index (χ4v) is 3.43. The molecule has 26 heavy (non-hydrogen) atoms. The van der Waals surface area contributed by atoms with E-state index in [4.69, 9.17) is 4.74 Å². The lowest BCUT2D eigenvalue weighted by Crippen LogP contribution is -2.11. The van der Waals surface area contributed by atoms with Crippen LogP contribution in [0.15, 0.2) is 60.7 Å². The minimum absolute atomic E-state index is 0.0514. The Morgan fingerprint density at radius 2 is 1.46 bits per heavy atom. The van der Waals surface area contributed by atoms with E-state index >= 15 is 0 Å². The largest absolute Gasteiger partial charge is 0.508 e. The Morgan fingerprint density at radius 1 is 0.769 bits per heavy atom. The summed E-state index contributed by atoms with van der Waals surface area (Å²) in [6, 6.07) is 16.3. The highest BCUT2D eigenvalue weighted by molar-refractivity contribution is 5.76. The number of ether oxygens (including phenoxy) is 1. The van der Waals surface area contributed by atoms with Gasteiger partial charge in [0, 0.05) is 17.2 Å². The summed E-state index contributed by atoms with van der Waals surface area (Å²) in [6.07, 6.45) is 0.347. The van der Waals surface area contributed by atoms with Gasteiger partial charge in [-0.1, -0.05) is 12.1 Å². The molecule has 3 aromatic carbocycles. The zero-order valence-corrected chi connectivity index (χ0v) is 13.7. The third kappa shape index (κ3) is 2.73. The SMILES string of the molecule is O=Cc1ccc2c(c1)[C@@H](c1cc(O)cc(O)c1)[C@H](c1ccc(O)cc1)O2. The molecule has 0 bridgehead atoms. The molecule has 3 aromatic rings. The first-order valence-corrected chi connectivity index (χ1v) is 8.13.